The van der Waals surface area contributed by atoms with Crippen LogP contribution in [-0.2, 0) is 11.3 Å². The Kier molecular flexibility index (Phi) is 5.74. The fourth-order valence-electron chi connectivity index (χ4n) is 2.35. The summed E-state index contributed by atoms with van der Waals surface area (Å²) in [4.78, 5) is 14.1. The van der Waals surface area contributed by atoms with E-state index in [1.54, 1.807) is 0 Å². The van der Waals surface area contributed by atoms with E-state index in [2.05, 4.69) is 25.7 Å². The van der Waals surface area contributed by atoms with E-state index in [-0.39, 0.29) is 12.5 Å². The summed E-state index contributed by atoms with van der Waals surface area (Å²) in [6, 6.07) is 0. The molecule has 1 aliphatic rings. The van der Waals surface area contributed by atoms with Crippen molar-refractivity contribution in [2.24, 2.45) is 0 Å². The first-order valence-electron chi connectivity index (χ1n) is 7.04. The average molecular weight is 266 g/mol. The predicted molar refractivity (Wildman–Crippen MR) is 70.4 cm³/mol. The Morgan fingerprint density at radius 3 is 2.68 bits per heavy atom. The van der Waals surface area contributed by atoms with Gasteiger partial charge in [-0.3, -0.25) is 4.79 Å². The first-order valence-corrected chi connectivity index (χ1v) is 7.04. The molecule has 1 saturated heterocycles. The van der Waals surface area contributed by atoms with Gasteiger partial charge in [0.2, 0.25) is 5.91 Å². The van der Waals surface area contributed by atoms with Crippen molar-refractivity contribution in [1.82, 2.24) is 30.4 Å². The predicted octanol–water partition coefficient (Wildman–Crippen LogP) is 0.0554. The van der Waals surface area contributed by atoms with Gasteiger partial charge in [-0.15, -0.1) is 5.10 Å². The minimum Gasteiger partial charge on any atom is -0.354 e. The number of carbonyl (C=O) groups is 1. The van der Waals surface area contributed by atoms with E-state index >= 15 is 0 Å². The number of nitrogens with zero attached hydrogens (tertiary/aromatic N) is 5. The Morgan fingerprint density at radius 2 is 2.00 bits per heavy atom. The highest BCUT2D eigenvalue weighted by Crippen LogP contribution is 2.09. The number of rotatable bonds is 6. The normalized spacial score (nSPS) is 17.1. The van der Waals surface area contributed by atoms with Gasteiger partial charge in [0.05, 0.1) is 0 Å². The molecule has 1 amide bonds. The van der Waals surface area contributed by atoms with Gasteiger partial charge in [0.15, 0.2) is 0 Å². The largest absolute Gasteiger partial charge is 0.354 e. The summed E-state index contributed by atoms with van der Waals surface area (Å²) in [7, 11) is 0. The molecule has 19 heavy (non-hydrogen) atoms. The molecule has 0 atom stereocenters. The highest BCUT2D eigenvalue weighted by Gasteiger charge is 2.08. The molecule has 7 heteroatoms. The van der Waals surface area contributed by atoms with Crippen LogP contribution in [0.15, 0.2) is 6.33 Å². The summed E-state index contributed by atoms with van der Waals surface area (Å²) < 4.78 is 1.42. The van der Waals surface area contributed by atoms with Crippen LogP contribution in [0.1, 0.15) is 32.1 Å². The third-order valence-electron chi connectivity index (χ3n) is 3.37. The second kappa shape index (κ2) is 7.83. The van der Waals surface area contributed by atoms with Gasteiger partial charge in [0.1, 0.15) is 12.9 Å². The van der Waals surface area contributed by atoms with Crippen molar-refractivity contribution in [2.45, 2.75) is 38.6 Å². The molecule has 1 aliphatic heterocycles. The number of carbonyl (C=O) groups excluding carboxylic acids is 1. The lowest BCUT2D eigenvalue weighted by Crippen LogP contribution is -2.32. The second-order valence-corrected chi connectivity index (χ2v) is 4.97. The Morgan fingerprint density at radius 1 is 1.21 bits per heavy atom. The molecule has 1 N–H and O–H groups in total. The van der Waals surface area contributed by atoms with Crippen LogP contribution in [0.4, 0.5) is 0 Å². The zero-order valence-corrected chi connectivity index (χ0v) is 11.3. The summed E-state index contributed by atoms with van der Waals surface area (Å²) >= 11 is 0. The first kappa shape index (κ1) is 13.9. The fraction of sp³-hybridized carbons (Fsp3) is 0.833. The molecule has 0 saturated carbocycles. The van der Waals surface area contributed by atoms with Crippen LogP contribution in [0, 0.1) is 0 Å². The van der Waals surface area contributed by atoms with E-state index < -0.39 is 0 Å². The summed E-state index contributed by atoms with van der Waals surface area (Å²) in [6.07, 6.45) is 7.79. The van der Waals surface area contributed by atoms with Crippen LogP contribution in [0.5, 0.6) is 0 Å². The van der Waals surface area contributed by atoms with E-state index in [9.17, 15) is 4.79 Å². The summed E-state index contributed by atoms with van der Waals surface area (Å²) in [6.45, 7) is 4.40. The van der Waals surface area contributed by atoms with E-state index in [1.807, 2.05) is 0 Å². The SMILES string of the molecule is O=C(Cn1cnnn1)NCCCN1CCCCCC1. The molecule has 1 aromatic rings. The summed E-state index contributed by atoms with van der Waals surface area (Å²) in [5, 5.41) is 13.5. The maximum atomic E-state index is 11.6. The van der Waals surface area contributed by atoms with Crippen molar-refractivity contribution < 1.29 is 4.79 Å². The number of hydrogen-bond acceptors (Lipinski definition) is 5. The maximum Gasteiger partial charge on any atom is 0.241 e. The lowest BCUT2D eigenvalue weighted by molar-refractivity contribution is -0.121. The van der Waals surface area contributed by atoms with Crippen LogP contribution < -0.4 is 5.32 Å². The zero-order chi connectivity index (χ0) is 13.3. The molecule has 0 radical (unpaired) electrons. The molecule has 1 fully saturated rings. The van der Waals surface area contributed by atoms with Crippen molar-refractivity contribution >= 4 is 5.91 Å². The highest BCUT2D eigenvalue weighted by atomic mass is 16.2. The van der Waals surface area contributed by atoms with Gasteiger partial charge in [-0.1, -0.05) is 12.8 Å². The van der Waals surface area contributed by atoms with Crippen molar-refractivity contribution in [3.8, 4) is 0 Å². The number of nitrogens with one attached hydrogen (secondary N) is 1. The fourth-order valence-corrected chi connectivity index (χ4v) is 2.35. The molecule has 2 rings (SSSR count). The number of hydrogen-bond donors (Lipinski definition) is 1. The molecule has 0 unspecified atom stereocenters. The monoisotopic (exact) mass is 266 g/mol. The minimum atomic E-state index is -0.0387. The zero-order valence-electron chi connectivity index (χ0n) is 11.3. The van der Waals surface area contributed by atoms with Gasteiger partial charge in [-0.05, 0) is 49.3 Å². The van der Waals surface area contributed by atoms with Crippen LogP contribution in [-0.4, -0.2) is 57.2 Å². The molecular formula is C12H22N6O. The van der Waals surface area contributed by atoms with Crippen LogP contribution in [0.3, 0.4) is 0 Å². The molecule has 1 aromatic heterocycles. The van der Waals surface area contributed by atoms with Crippen molar-refractivity contribution in [2.75, 3.05) is 26.2 Å². The standard InChI is InChI=1S/C12H22N6O/c19-12(10-18-11-14-15-16-18)13-6-5-9-17-7-3-1-2-4-8-17/h11H,1-10H2,(H,13,19). The molecule has 106 valence electrons. The smallest absolute Gasteiger partial charge is 0.241 e. The number of aromatic nitrogens is 4. The van der Waals surface area contributed by atoms with Gasteiger partial charge in [-0.2, -0.15) is 0 Å². The van der Waals surface area contributed by atoms with Crippen molar-refractivity contribution in [3.05, 3.63) is 6.33 Å². The molecule has 0 spiro atoms. The summed E-state index contributed by atoms with van der Waals surface area (Å²) in [5.74, 6) is -0.0387. The van der Waals surface area contributed by atoms with E-state index in [1.165, 1.54) is 49.8 Å². The van der Waals surface area contributed by atoms with Crippen molar-refractivity contribution in [1.29, 1.82) is 0 Å². The highest BCUT2D eigenvalue weighted by molar-refractivity contribution is 5.75. The molecule has 0 aliphatic carbocycles. The second-order valence-electron chi connectivity index (χ2n) is 4.97. The number of likely N-dealkylation sites (tertiary alicyclic amines) is 1. The van der Waals surface area contributed by atoms with Gasteiger partial charge in [-0.25, -0.2) is 4.68 Å². The molecule has 0 bridgehead atoms. The Balaban J connectivity index is 1.54. The van der Waals surface area contributed by atoms with E-state index in [0.29, 0.717) is 0 Å². The number of tetrazole rings is 1. The topological polar surface area (TPSA) is 75.9 Å². The van der Waals surface area contributed by atoms with Crippen molar-refractivity contribution in [3.63, 3.8) is 0 Å². The lowest BCUT2D eigenvalue weighted by atomic mass is 10.2. The van der Waals surface area contributed by atoms with E-state index in [4.69, 9.17) is 0 Å². The molecule has 7 nitrogen and oxygen atoms in total. The van der Waals surface area contributed by atoms with Crippen LogP contribution >= 0.6 is 0 Å². The lowest BCUT2D eigenvalue weighted by Gasteiger charge is -2.19. The maximum absolute atomic E-state index is 11.6. The minimum absolute atomic E-state index is 0.0387. The molecule has 2 heterocycles. The van der Waals surface area contributed by atoms with Gasteiger partial charge < -0.3 is 10.2 Å². The molecule has 0 aromatic carbocycles. The quantitative estimate of drug-likeness (QED) is 0.737. The molecular weight excluding hydrogens is 244 g/mol. The van der Waals surface area contributed by atoms with Crippen LogP contribution in [0.2, 0.25) is 0 Å². The third kappa shape index (κ3) is 5.34. The Bertz CT molecular complexity index is 358. The summed E-state index contributed by atoms with van der Waals surface area (Å²) in [5.41, 5.74) is 0. The average Bonchev–Trinajstić information content (AvgIpc) is 2.76. The number of amides is 1. The van der Waals surface area contributed by atoms with Gasteiger partial charge in [0.25, 0.3) is 0 Å². The Hall–Kier alpha value is -1.50. The van der Waals surface area contributed by atoms with Crippen LogP contribution in [0.25, 0.3) is 0 Å². The Labute approximate surface area is 113 Å². The van der Waals surface area contributed by atoms with Gasteiger partial charge in [0, 0.05) is 6.54 Å². The van der Waals surface area contributed by atoms with Gasteiger partial charge >= 0.3 is 0 Å². The first-order chi connectivity index (χ1) is 9.34. The third-order valence-corrected chi connectivity index (χ3v) is 3.37. The van der Waals surface area contributed by atoms with E-state index in [0.717, 1.165) is 19.5 Å².